The van der Waals surface area contributed by atoms with Gasteiger partial charge in [-0.1, -0.05) is 52.6 Å². The number of pyridine rings is 1. The van der Waals surface area contributed by atoms with E-state index in [-0.39, 0.29) is 4.90 Å². The molecule has 0 unspecified atom stereocenters. The van der Waals surface area contributed by atoms with Crippen molar-refractivity contribution >= 4 is 68.3 Å². The summed E-state index contributed by atoms with van der Waals surface area (Å²) in [6, 6.07) is 11.7. The van der Waals surface area contributed by atoms with E-state index in [4.69, 9.17) is 34.8 Å². The van der Waals surface area contributed by atoms with Gasteiger partial charge >= 0.3 is 6.03 Å². The lowest BCUT2D eigenvalue weighted by Crippen LogP contribution is -2.34. The van der Waals surface area contributed by atoms with Gasteiger partial charge < -0.3 is 5.32 Å². The summed E-state index contributed by atoms with van der Waals surface area (Å²) in [4.78, 5) is 16.6. The van der Waals surface area contributed by atoms with Gasteiger partial charge in [0.1, 0.15) is 4.90 Å². The van der Waals surface area contributed by atoms with Gasteiger partial charge in [0.25, 0.3) is 10.0 Å². The van der Waals surface area contributed by atoms with E-state index in [2.05, 4.69) is 10.3 Å². The smallest absolute Gasteiger partial charge is 0.307 e. The Labute approximate surface area is 186 Å². The van der Waals surface area contributed by atoms with Crippen molar-refractivity contribution in [3.8, 4) is 0 Å². The van der Waals surface area contributed by atoms with Gasteiger partial charge in [-0.2, -0.15) is 0 Å². The third-order valence-corrected chi connectivity index (χ3v) is 7.31. The van der Waals surface area contributed by atoms with Crippen molar-refractivity contribution in [3.63, 3.8) is 0 Å². The molecule has 0 aliphatic heterocycles. The molecule has 0 aliphatic carbocycles. The van der Waals surface area contributed by atoms with Crippen LogP contribution in [0.1, 0.15) is 0 Å². The summed E-state index contributed by atoms with van der Waals surface area (Å²) in [5, 5.41) is 3.65. The van der Waals surface area contributed by atoms with Gasteiger partial charge in [0.15, 0.2) is 0 Å². The molecule has 29 heavy (non-hydrogen) atoms. The molecule has 2 aromatic carbocycles. The number of nitrogens with one attached hydrogen (secondary N) is 2. The minimum atomic E-state index is -4.22. The topological polar surface area (TPSA) is 88.2 Å². The average Bonchev–Trinajstić information content (AvgIpc) is 2.66. The number of nitrogens with zero attached hydrogens (tertiary/aromatic N) is 1. The first kappa shape index (κ1) is 21.7. The SMILES string of the molecule is O=C(Nc1ccc(Cl)cc1)NS(=O)(=O)c1cnccc1Sc1c(Cl)cccc1Cl. The molecule has 0 bridgehead atoms. The van der Waals surface area contributed by atoms with Crippen LogP contribution in [0.2, 0.25) is 15.1 Å². The summed E-state index contributed by atoms with van der Waals surface area (Å²) in [5.41, 5.74) is 0.380. The summed E-state index contributed by atoms with van der Waals surface area (Å²) in [5.74, 6) is 0. The quantitative estimate of drug-likeness (QED) is 0.481. The van der Waals surface area contributed by atoms with E-state index in [1.165, 1.54) is 12.3 Å². The molecule has 11 heteroatoms. The second kappa shape index (κ2) is 9.23. The number of urea groups is 1. The molecule has 2 N–H and O–H groups in total. The van der Waals surface area contributed by atoms with Gasteiger partial charge in [0, 0.05) is 32.9 Å². The fourth-order valence-corrected chi connectivity index (χ4v) is 5.19. The molecule has 0 atom stereocenters. The van der Waals surface area contributed by atoms with Crippen molar-refractivity contribution < 1.29 is 13.2 Å². The summed E-state index contributed by atoms with van der Waals surface area (Å²) < 4.78 is 27.5. The van der Waals surface area contributed by atoms with E-state index in [1.54, 1.807) is 42.5 Å². The third kappa shape index (κ3) is 5.55. The molecular formula is C18H12Cl3N3O3S2. The molecule has 2 amide bonds. The predicted molar refractivity (Wildman–Crippen MR) is 116 cm³/mol. The molecule has 0 spiro atoms. The van der Waals surface area contributed by atoms with Gasteiger partial charge in [-0.3, -0.25) is 4.98 Å². The molecule has 6 nitrogen and oxygen atoms in total. The van der Waals surface area contributed by atoms with Crippen molar-refractivity contribution in [1.29, 1.82) is 0 Å². The number of halogens is 3. The molecule has 3 rings (SSSR count). The van der Waals surface area contributed by atoms with Crippen LogP contribution in [-0.4, -0.2) is 19.4 Å². The zero-order chi connectivity index (χ0) is 21.0. The first-order chi connectivity index (χ1) is 13.8. The lowest BCUT2D eigenvalue weighted by molar-refractivity contribution is 0.256. The van der Waals surface area contributed by atoms with Gasteiger partial charge in [-0.15, -0.1) is 0 Å². The number of rotatable bonds is 5. The highest BCUT2D eigenvalue weighted by molar-refractivity contribution is 8.00. The molecule has 3 aromatic rings. The maximum absolute atomic E-state index is 12.8. The molecular weight excluding hydrogens is 477 g/mol. The predicted octanol–water partition coefficient (Wildman–Crippen LogP) is 5.70. The average molecular weight is 489 g/mol. The number of aromatic nitrogens is 1. The van der Waals surface area contributed by atoms with Crippen LogP contribution in [0.25, 0.3) is 0 Å². The highest BCUT2D eigenvalue weighted by Gasteiger charge is 2.23. The third-order valence-electron chi connectivity index (χ3n) is 3.50. The first-order valence-corrected chi connectivity index (χ1v) is 11.3. The Morgan fingerprint density at radius 3 is 2.28 bits per heavy atom. The number of amides is 2. The number of hydrogen-bond acceptors (Lipinski definition) is 5. The number of anilines is 1. The van der Waals surface area contributed by atoms with Gasteiger partial charge in [-0.25, -0.2) is 17.9 Å². The molecule has 1 heterocycles. The fourth-order valence-electron chi connectivity index (χ4n) is 2.21. The van der Waals surface area contributed by atoms with E-state index in [0.29, 0.717) is 30.5 Å². The Bertz CT molecular complexity index is 1140. The van der Waals surface area contributed by atoms with Crippen LogP contribution in [0, 0.1) is 0 Å². The van der Waals surface area contributed by atoms with Crippen LogP contribution in [0.15, 0.2) is 75.6 Å². The minimum Gasteiger partial charge on any atom is -0.307 e. The molecule has 150 valence electrons. The zero-order valence-corrected chi connectivity index (χ0v) is 18.3. The van der Waals surface area contributed by atoms with Crippen LogP contribution in [-0.2, 0) is 10.0 Å². The summed E-state index contributed by atoms with van der Waals surface area (Å²) >= 11 is 19.2. The molecule has 0 aliphatic rings. The Kier molecular flexibility index (Phi) is 6.92. The number of benzene rings is 2. The van der Waals surface area contributed by atoms with E-state index in [0.717, 1.165) is 18.0 Å². The van der Waals surface area contributed by atoms with Crippen molar-refractivity contribution in [2.24, 2.45) is 0 Å². The van der Waals surface area contributed by atoms with Gasteiger partial charge in [0.2, 0.25) is 0 Å². The second-order valence-corrected chi connectivity index (χ2v) is 9.50. The van der Waals surface area contributed by atoms with Crippen molar-refractivity contribution in [1.82, 2.24) is 9.71 Å². The summed E-state index contributed by atoms with van der Waals surface area (Å²) in [6.07, 6.45) is 2.57. The highest BCUT2D eigenvalue weighted by Crippen LogP contribution is 2.40. The Hall–Kier alpha value is -1.97. The second-order valence-electron chi connectivity index (χ2n) is 5.54. The van der Waals surface area contributed by atoms with Crippen molar-refractivity contribution in [3.05, 3.63) is 76.0 Å². The van der Waals surface area contributed by atoms with Crippen LogP contribution < -0.4 is 10.0 Å². The van der Waals surface area contributed by atoms with E-state index >= 15 is 0 Å². The standard InChI is InChI=1S/C18H12Cl3N3O3S2/c19-11-4-6-12(7-5-11)23-18(25)24-29(26,27)16-10-22-9-8-15(16)28-17-13(20)2-1-3-14(17)21/h1-10H,(H2,23,24,25). The zero-order valence-electron chi connectivity index (χ0n) is 14.4. The molecule has 0 saturated heterocycles. The summed E-state index contributed by atoms with van der Waals surface area (Å²) in [7, 11) is -4.22. The first-order valence-electron chi connectivity index (χ1n) is 7.91. The van der Waals surface area contributed by atoms with E-state index in [1.807, 2.05) is 4.72 Å². The fraction of sp³-hybridized carbons (Fsp3) is 0. The Morgan fingerprint density at radius 2 is 1.62 bits per heavy atom. The van der Waals surface area contributed by atoms with Gasteiger partial charge in [0.05, 0.1) is 10.0 Å². The van der Waals surface area contributed by atoms with Crippen LogP contribution in [0.3, 0.4) is 0 Å². The molecule has 1 aromatic heterocycles. The largest absolute Gasteiger partial charge is 0.333 e. The number of carbonyl (C=O) groups is 1. The summed E-state index contributed by atoms with van der Waals surface area (Å²) in [6.45, 7) is 0. The van der Waals surface area contributed by atoms with Crippen molar-refractivity contribution in [2.75, 3.05) is 5.32 Å². The van der Waals surface area contributed by atoms with Gasteiger partial charge in [-0.05, 0) is 42.5 Å². The molecule has 0 saturated carbocycles. The number of carbonyl (C=O) groups excluding carboxylic acids is 1. The maximum Gasteiger partial charge on any atom is 0.333 e. The molecule has 0 fully saturated rings. The minimum absolute atomic E-state index is 0.188. The number of sulfonamides is 1. The maximum atomic E-state index is 12.8. The van der Waals surface area contributed by atoms with Crippen molar-refractivity contribution in [2.45, 2.75) is 14.7 Å². The Balaban J connectivity index is 1.84. The highest BCUT2D eigenvalue weighted by atomic mass is 35.5. The molecule has 0 radical (unpaired) electrons. The van der Waals surface area contributed by atoms with E-state index < -0.39 is 16.1 Å². The van der Waals surface area contributed by atoms with E-state index in [9.17, 15) is 13.2 Å². The normalized spacial score (nSPS) is 11.1. The lowest BCUT2D eigenvalue weighted by Gasteiger charge is -2.12. The number of hydrogen-bond donors (Lipinski definition) is 2. The lowest BCUT2D eigenvalue weighted by atomic mass is 10.3. The Morgan fingerprint density at radius 1 is 0.966 bits per heavy atom. The van der Waals surface area contributed by atoms with Crippen LogP contribution in [0.4, 0.5) is 10.5 Å². The van der Waals surface area contributed by atoms with Crippen LogP contribution >= 0.6 is 46.6 Å². The monoisotopic (exact) mass is 487 g/mol. The van der Waals surface area contributed by atoms with Crippen LogP contribution in [0.5, 0.6) is 0 Å².